The summed E-state index contributed by atoms with van der Waals surface area (Å²) in [5.74, 6) is 0. The molecule has 0 amide bonds. The monoisotopic (exact) mass is 204 g/mol. The van der Waals surface area contributed by atoms with Crippen LogP contribution in [-0.2, 0) is 19.3 Å². The van der Waals surface area contributed by atoms with Crippen LogP contribution in [-0.4, -0.2) is 0 Å². The third kappa shape index (κ3) is 7.10. The van der Waals surface area contributed by atoms with Crippen LogP contribution in [0.1, 0.15) is 0 Å². The zero-order valence-corrected chi connectivity index (χ0v) is 7.49. The summed E-state index contributed by atoms with van der Waals surface area (Å²) in [6, 6.07) is 20.0. The van der Waals surface area contributed by atoms with Gasteiger partial charge in [-0.25, -0.2) is 24.3 Å². The van der Waals surface area contributed by atoms with Gasteiger partial charge in [-0.1, -0.05) is 0 Å². The third-order valence-electron chi connectivity index (χ3n) is 1.11. The van der Waals surface area contributed by atoms with Crippen LogP contribution in [0.5, 0.6) is 0 Å². The van der Waals surface area contributed by atoms with E-state index in [-0.39, 0.29) is 0 Å². The van der Waals surface area contributed by atoms with E-state index in [1.165, 1.54) is 0 Å². The second-order valence-corrected chi connectivity index (χ2v) is 1.92. The summed E-state index contributed by atoms with van der Waals surface area (Å²) >= 11 is 2.62. The molecule has 0 saturated carbocycles. The van der Waals surface area contributed by atoms with Gasteiger partial charge in [-0.15, -0.1) is 0 Å². The van der Waals surface area contributed by atoms with Crippen LogP contribution in [0.15, 0.2) is 60.7 Å². The van der Waals surface area contributed by atoms with E-state index in [1.807, 2.05) is 60.7 Å². The molecular formula is C10H10NiO-2. The van der Waals surface area contributed by atoms with E-state index >= 15 is 0 Å². The molecule has 0 aliphatic rings. The first-order chi connectivity index (χ1) is 6.00. The van der Waals surface area contributed by atoms with Crippen molar-refractivity contribution >= 4 is 0 Å². The van der Waals surface area contributed by atoms with Crippen LogP contribution in [0.25, 0.3) is 0 Å². The van der Waals surface area contributed by atoms with Gasteiger partial charge in [0.2, 0.25) is 0 Å². The molecule has 0 saturated heterocycles. The molecule has 0 spiro atoms. The third-order valence-corrected chi connectivity index (χ3v) is 1.11. The number of rotatable bonds is 0. The summed E-state index contributed by atoms with van der Waals surface area (Å²) < 4.78 is 7.88. The summed E-state index contributed by atoms with van der Waals surface area (Å²) in [5, 5.41) is 0. The van der Waals surface area contributed by atoms with E-state index in [2.05, 4.69) is 15.4 Å². The standard InChI is InChI=1S/2C5H5.Ni.O/c2*1-2-4-5-3-1;;/h2*1-5H;;/q2*-1;;. The van der Waals surface area contributed by atoms with Crippen LogP contribution in [0, 0.1) is 0 Å². The maximum Gasteiger partial charge on any atom is -0.172 e. The smallest absolute Gasteiger partial charge is 0.172 e. The van der Waals surface area contributed by atoms with E-state index in [1.54, 1.807) is 0 Å². The van der Waals surface area contributed by atoms with E-state index in [0.29, 0.717) is 0 Å². The molecular weight excluding hydrogens is 195 g/mol. The Bertz CT molecular complexity index is 161. The Labute approximate surface area is 80.3 Å². The SMILES string of the molecule is [O]=[Ni].c1cc[cH-]c1.c1cc[cH-]c1. The molecule has 0 N–H and O–H groups in total. The molecule has 0 heterocycles. The van der Waals surface area contributed by atoms with Crippen LogP contribution < -0.4 is 0 Å². The van der Waals surface area contributed by atoms with Gasteiger partial charge < -0.3 is 0 Å². The van der Waals surface area contributed by atoms with Gasteiger partial charge in [-0.2, -0.15) is 36.4 Å². The zero-order valence-electron chi connectivity index (χ0n) is 6.50. The van der Waals surface area contributed by atoms with Crippen molar-refractivity contribution in [1.82, 2.24) is 0 Å². The number of hydrogen-bond donors (Lipinski definition) is 0. The minimum absolute atomic E-state index is 2.00. The first-order valence-corrected chi connectivity index (χ1v) is 3.87. The van der Waals surface area contributed by atoms with Gasteiger partial charge in [-0.3, -0.25) is 0 Å². The molecule has 1 nitrogen and oxygen atoms in total. The van der Waals surface area contributed by atoms with E-state index in [4.69, 9.17) is 3.90 Å². The maximum atomic E-state index is 7.88. The maximum absolute atomic E-state index is 7.88. The molecule has 2 aromatic carbocycles. The molecule has 0 aliphatic heterocycles. The van der Waals surface area contributed by atoms with Crippen LogP contribution >= 0.6 is 0 Å². The molecule has 0 fully saturated rings. The molecule has 68 valence electrons. The first-order valence-electron chi connectivity index (χ1n) is 3.46. The predicted octanol–water partition coefficient (Wildman–Crippen LogP) is 2.69. The first kappa shape index (κ1) is 11.0. The molecule has 0 radical (unpaired) electrons. The fraction of sp³-hybridized carbons (Fsp3) is 0. The summed E-state index contributed by atoms with van der Waals surface area (Å²) in [5.41, 5.74) is 0. The zero-order chi connectivity index (χ0) is 9.07. The Kier molecular flexibility index (Phi) is 9.16. The van der Waals surface area contributed by atoms with E-state index in [9.17, 15) is 0 Å². The van der Waals surface area contributed by atoms with Crippen LogP contribution in [0.4, 0.5) is 0 Å². The Hall–Kier alpha value is -1.01. The van der Waals surface area contributed by atoms with E-state index in [0.717, 1.165) is 0 Å². The van der Waals surface area contributed by atoms with Gasteiger partial charge in [0.05, 0.1) is 0 Å². The van der Waals surface area contributed by atoms with Crippen LogP contribution in [0.2, 0.25) is 0 Å². The van der Waals surface area contributed by atoms with Gasteiger partial charge in [0, 0.05) is 0 Å². The van der Waals surface area contributed by atoms with Crippen molar-refractivity contribution in [1.29, 1.82) is 0 Å². The molecule has 2 aromatic rings. The van der Waals surface area contributed by atoms with Gasteiger partial charge in [0.15, 0.2) is 0 Å². The van der Waals surface area contributed by atoms with Gasteiger partial charge in [-0.05, 0) is 0 Å². The minimum atomic E-state index is 2.00. The molecule has 0 unspecified atom stereocenters. The normalized spacial score (nSPS) is 7.17. The molecule has 2 heteroatoms. The van der Waals surface area contributed by atoms with Crippen molar-refractivity contribution < 1.29 is 19.3 Å². The summed E-state index contributed by atoms with van der Waals surface area (Å²) in [6.07, 6.45) is 0. The van der Waals surface area contributed by atoms with Gasteiger partial charge in [0.1, 0.15) is 0 Å². The van der Waals surface area contributed by atoms with Gasteiger partial charge >= 0.3 is 19.3 Å². The predicted molar refractivity (Wildman–Crippen MR) is 44.8 cm³/mol. The average Bonchev–Trinajstić information content (AvgIpc) is 2.87. The Balaban J connectivity index is 0.000000168. The minimum Gasteiger partial charge on any atom is -0.214 e. The summed E-state index contributed by atoms with van der Waals surface area (Å²) in [4.78, 5) is 0. The van der Waals surface area contributed by atoms with Crippen molar-refractivity contribution in [3.63, 3.8) is 0 Å². The molecule has 0 bridgehead atoms. The van der Waals surface area contributed by atoms with Crippen molar-refractivity contribution in [2.24, 2.45) is 0 Å². The summed E-state index contributed by atoms with van der Waals surface area (Å²) in [7, 11) is 0. The quantitative estimate of drug-likeness (QED) is 0.477. The number of hydrogen-bond acceptors (Lipinski definition) is 1. The average molecular weight is 205 g/mol. The van der Waals surface area contributed by atoms with Crippen molar-refractivity contribution in [3.8, 4) is 0 Å². The van der Waals surface area contributed by atoms with Gasteiger partial charge in [0.25, 0.3) is 0 Å². The molecule has 0 aliphatic carbocycles. The summed E-state index contributed by atoms with van der Waals surface area (Å²) in [6.45, 7) is 0. The Morgan fingerprint density at radius 3 is 1.00 bits per heavy atom. The fourth-order valence-electron chi connectivity index (χ4n) is 0.642. The topological polar surface area (TPSA) is 17.1 Å². The van der Waals surface area contributed by atoms with E-state index < -0.39 is 0 Å². The second kappa shape index (κ2) is 9.99. The van der Waals surface area contributed by atoms with Crippen LogP contribution in [0.3, 0.4) is 0 Å². The fourth-order valence-corrected chi connectivity index (χ4v) is 0.642. The van der Waals surface area contributed by atoms with Crippen molar-refractivity contribution in [2.45, 2.75) is 0 Å². The molecule has 12 heavy (non-hydrogen) atoms. The Morgan fingerprint density at radius 1 is 0.667 bits per heavy atom. The van der Waals surface area contributed by atoms with Crippen molar-refractivity contribution in [3.05, 3.63) is 60.7 Å². The Morgan fingerprint density at radius 2 is 0.917 bits per heavy atom. The molecule has 0 atom stereocenters. The van der Waals surface area contributed by atoms with Crippen molar-refractivity contribution in [2.75, 3.05) is 0 Å². The molecule has 0 aromatic heterocycles. The largest absolute Gasteiger partial charge is 0.214 e. The molecule has 2 rings (SSSR count). The second-order valence-electron chi connectivity index (χ2n) is 1.92.